The molecule has 0 saturated carbocycles. The van der Waals surface area contributed by atoms with E-state index in [1.54, 1.807) is 23.0 Å². The molecule has 1 atom stereocenters. The molecule has 2 aromatic carbocycles. The maximum Gasteiger partial charge on any atom is 0.251 e. The average molecular weight is 471 g/mol. The van der Waals surface area contributed by atoms with Gasteiger partial charge in [-0.2, -0.15) is 4.68 Å². The molecule has 3 N–H and O–H groups in total. The predicted octanol–water partition coefficient (Wildman–Crippen LogP) is 3.65. The second kappa shape index (κ2) is 7.96. The Morgan fingerprint density at radius 2 is 1.91 bits per heavy atom. The normalized spacial score (nSPS) is 14.9. The minimum Gasteiger partial charge on any atom is -0.399 e. The van der Waals surface area contributed by atoms with Crippen molar-refractivity contribution in [1.29, 1.82) is 0 Å². The van der Waals surface area contributed by atoms with Gasteiger partial charge in [-0.25, -0.2) is 4.98 Å². The minimum absolute atomic E-state index is 0.0822. The maximum atomic E-state index is 13.3. The van der Waals surface area contributed by atoms with E-state index >= 15 is 0 Å². The highest BCUT2D eigenvalue weighted by atomic mass is 35.5. The van der Waals surface area contributed by atoms with Gasteiger partial charge in [-0.1, -0.05) is 11.6 Å². The number of hydrogen-bond donors (Lipinski definition) is 2. The van der Waals surface area contributed by atoms with Crippen molar-refractivity contribution in [3.05, 3.63) is 93.9 Å². The monoisotopic (exact) mass is 470 g/mol. The summed E-state index contributed by atoms with van der Waals surface area (Å²) >= 11 is 6.29. The molecule has 34 heavy (non-hydrogen) atoms. The highest BCUT2D eigenvalue weighted by Crippen LogP contribution is 2.34. The summed E-state index contributed by atoms with van der Waals surface area (Å²) in [6.07, 6.45) is 4.89. The third-order valence-electron chi connectivity index (χ3n) is 6.14. The summed E-state index contributed by atoms with van der Waals surface area (Å²) in [7, 11) is 0. The van der Waals surface area contributed by atoms with Crippen LogP contribution in [-0.4, -0.2) is 34.7 Å². The molecule has 0 unspecified atom stereocenters. The maximum absolute atomic E-state index is 13.3. The highest BCUT2D eigenvalue weighted by Gasteiger charge is 2.27. The lowest BCUT2D eigenvalue weighted by Gasteiger charge is -2.15. The van der Waals surface area contributed by atoms with Gasteiger partial charge in [0.1, 0.15) is 12.2 Å². The first-order valence-electron chi connectivity index (χ1n) is 10.8. The molecule has 4 heterocycles. The van der Waals surface area contributed by atoms with Crippen LogP contribution in [0.5, 0.6) is 0 Å². The van der Waals surface area contributed by atoms with E-state index in [0.29, 0.717) is 10.7 Å². The average Bonchev–Trinajstić information content (AvgIpc) is 3.60. The zero-order valence-corrected chi connectivity index (χ0v) is 18.6. The number of aromatic nitrogens is 7. The van der Waals surface area contributed by atoms with Crippen molar-refractivity contribution in [2.24, 2.45) is 0 Å². The molecule has 10 heteroatoms. The van der Waals surface area contributed by atoms with Crippen molar-refractivity contribution in [1.82, 2.24) is 34.7 Å². The van der Waals surface area contributed by atoms with E-state index < -0.39 is 0 Å². The Balaban J connectivity index is 1.39. The second-order valence-electron chi connectivity index (χ2n) is 8.22. The lowest BCUT2D eigenvalue weighted by molar-refractivity contribution is 0.588. The van der Waals surface area contributed by atoms with Crippen LogP contribution in [0.2, 0.25) is 5.02 Å². The van der Waals surface area contributed by atoms with E-state index in [1.807, 2.05) is 47.0 Å². The number of imidazole rings is 1. The molecule has 0 aliphatic carbocycles. The van der Waals surface area contributed by atoms with Crippen LogP contribution in [-0.2, 0) is 6.42 Å². The van der Waals surface area contributed by atoms with Gasteiger partial charge < -0.3 is 15.3 Å². The molecule has 9 nitrogen and oxygen atoms in total. The molecular formula is C24H19ClN8O. The fourth-order valence-electron chi connectivity index (χ4n) is 4.55. The number of fused-ring (bicyclic) bond motifs is 1. The topological polar surface area (TPSA) is 120 Å². The number of nitrogen functional groups attached to an aromatic ring is 1. The second-order valence-corrected chi connectivity index (χ2v) is 8.66. The van der Waals surface area contributed by atoms with E-state index in [1.165, 1.54) is 6.33 Å². The number of nitrogens with zero attached hydrogens (tertiary/aromatic N) is 6. The lowest BCUT2D eigenvalue weighted by atomic mass is 10.0. The van der Waals surface area contributed by atoms with Gasteiger partial charge in [-0.3, -0.25) is 4.79 Å². The zero-order chi connectivity index (χ0) is 23.2. The van der Waals surface area contributed by atoms with Gasteiger partial charge in [-0.05, 0) is 77.4 Å². The number of nitrogens with one attached hydrogen (secondary N) is 1. The van der Waals surface area contributed by atoms with Crippen LogP contribution in [0.3, 0.4) is 0 Å². The molecule has 0 amide bonds. The molecule has 6 rings (SSSR count). The molecule has 3 aromatic heterocycles. The first kappa shape index (κ1) is 20.4. The molecule has 168 valence electrons. The Labute approximate surface area is 198 Å². The van der Waals surface area contributed by atoms with E-state index in [9.17, 15) is 4.79 Å². The number of tetrazole rings is 1. The number of nitrogens with two attached hydrogens (primary N) is 1. The third-order valence-corrected chi connectivity index (χ3v) is 6.37. The van der Waals surface area contributed by atoms with Gasteiger partial charge in [-0.15, -0.1) is 5.10 Å². The van der Waals surface area contributed by atoms with Crippen LogP contribution in [0.4, 0.5) is 5.69 Å². The lowest BCUT2D eigenvalue weighted by Crippen LogP contribution is -2.23. The van der Waals surface area contributed by atoms with E-state index in [4.69, 9.17) is 17.3 Å². The summed E-state index contributed by atoms with van der Waals surface area (Å²) < 4.78 is 3.40. The Kier molecular flexibility index (Phi) is 4.77. The van der Waals surface area contributed by atoms with Gasteiger partial charge in [0, 0.05) is 33.6 Å². The summed E-state index contributed by atoms with van der Waals surface area (Å²) in [4.78, 5) is 21.2. The van der Waals surface area contributed by atoms with Crippen molar-refractivity contribution in [3.63, 3.8) is 0 Å². The van der Waals surface area contributed by atoms with Gasteiger partial charge in [0.05, 0.1) is 23.6 Å². The van der Waals surface area contributed by atoms with Crippen LogP contribution >= 0.6 is 11.6 Å². The number of benzene rings is 2. The summed E-state index contributed by atoms with van der Waals surface area (Å²) in [5.74, 6) is 0.748. The van der Waals surface area contributed by atoms with Gasteiger partial charge in [0.15, 0.2) is 0 Å². The first-order chi connectivity index (χ1) is 16.6. The highest BCUT2D eigenvalue weighted by molar-refractivity contribution is 6.31. The predicted molar refractivity (Wildman–Crippen MR) is 129 cm³/mol. The van der Waals surface area contributed by atoms with Crippen LogP contribution in [0.15, 0.2) is 71.9 Å². The Hall–Kier alpha value is -4.24. The Bertz CT molecular complexity index is 1550. The van der Waals surface area contributed by atoms with E-state index in [-0.39, 0.29) is 11.6 Å². The first-order valence-corrected chi connectivity index (χ1v) is 11.1. The summed E-state index contributed by atoms with van der Waals surface area (Å²) in [5.41, 5.74) is 11.5. The largest absolute Gasteiger partial charge is 0.399 e. The zero-order valence-electron chi connectivity index (χ0n) is 17.9. The van der Waals surface area contributed by atoms with Crippen LogP contribution < -0.4 is 11.3 Å². The molecule has 1 aliphatic rings. The van der Waals surface area contributed by atoms with Crippen molar-refractivity contribution in [3.8, 4) is 28.2 Å². The fourth-order valence-corrected chi connectivity index (χ4v) is 4.72. The molecule has 0 saturated heterocycles. The van der Waals surface area contributed by atoms with Crippen LogP contribution in [0, 0.1) is 0 Å². The summed E-state index contributed by atoms with van der Waals surface area (Å²) in [5, 5.41) is 12.0. The van der Waals surface area contributed by atoms with Crippen molar-refractivity contribution in [2.75, 3.05) is 5.73 Å². The quantitative estimate of drug-likeness (QED) is 0.387. The van der Waals surface area contributed by atoms with Crippen molar-refractivity contribution < 1.29 is 0 Å². The standard InChI is InChI=1S/C24H19ClN8O/c25-16-3-7-21(32-13-28-30-31-32)19(11-16)15-9-18-6-8-22(33(18)23(34)10-15)20-12-27-24(29-20)14-1-4-17(26)5-2-14/h1-5,7,9-13,22H,6,8,26H2,(H,27,29)/t22-/m0/s1. The molecule has 5 aromatic rings. The van der Waals surface area contributed by atoms with Crippen molar-refractivity contribution in [2.45, 2.75) is 18.9 Å². The number of H-pyrrole nitrogens is 1. The molecule has 0 radical (unpaired) electrons. The molecule has 1 aliphatic heterocycles. The fraction of sp³-hybridized carbons (Fsp3) is 0.125. The Morgan fingerprint density at radius 1 is 1.06 bits per heavy atom. The van der Waals surface area contributed by atoms with Crippen molar-refractivity contribution >= 4 is 17.3 Å². The number of rotatable bonds is 4. The number of aromatic amines is 1. The molecule has 0 bridgehead atoms. The van der Waals surface area contributed by atoms with Gasteiger partial charge >= 0.3 is 0 Å². The SMILES string of the molecule is Nc1ccc(-c2ncc([C@@H]3CCc4cc(-c5cc(Cl)ccc5-n5cnnn5)cc(=O)n43)[nH]2)cc1. The van der Waals surface area contributed by atoms with E-state index in [0.717, 1.165) is 52.4 Å². The minimum atomic E-state index is -0.107. The Morgan fingerprint density at radius 3 is 2.71 bits per heavy atom. The van der Waals surface area contributed by atoms with Crippen LogP contribution in [0.1, 0.15) is 23.9 Å². The van der Waals surface area contributed by atoms with E-state index in [2.05, 4.69) is 25.5 Å². The summed E-state index contributed by atoms with van der Waals surface area (Å²) in [6.45, 7) is 0. The molecule has 0 spiro atoms. The number of pyridine rings is 1. The number of anilines is 1. The van der Waals surface area contributed by atoms with Gasteiger partial charge in [0.2, 0.25) is 0 Å². The van der Waals surface area contributed by atoms with Gasteiger partial charge in [0.25, 0.3) is 5.56 Å². The molecular weight excluding hydrogens is 452 g/mol. The number of aryl methyl sites for hydroxylation is 1. The number of halogens is 1. The number of hydrogen-bond acceptors (Lipinski definition) is 6. The smallest absolute Gasteiger partial charge is 0.251 e. The summed E-state index contributed by atoms with van der Waals surface area (Å²) in [6, 6.07) is 16.5. The van der Waals surface area contributed by atoms with Crippen LogP contribution in [0.25, 0.3) is 28.2 Å². The molecule has 0 fully saturated rings. The third kappa shape index (κ3) is 3.46.